The van der Waals surface area contributed by atoms with Crippen LogP contribution < -0.4 is 5.32 Å². The van der Waals surface area contributed by atoms with Crippen LogP contribution >= 0.6 is 0 Å². The lowest BCUT2D eigenvalue weighted by atomic mass is 9.77. The van der Waals surface area contributed by atoms with Gasteiger partial charge >= 0.3 is 5.97 Å². The molecule has 1 aliphatic rings. The molecule has 1 fully saturated rings. The minimum Gasteiger partial charge on any atom is -0.478 e. The van der Waals surface area contributed by atoms with Gasteiger partial charge in [-0.3, -0.25) is 0 Å². The maximum Gasteiger partial charge on any atom is 0.335 e. The number of hydrogen-bond donors (Lipinski definition) is 2. The molecule has 0 aliphatic heterocycles. The van der Waals surface area contributed by atoms with Gasteiger partial charge in [0.15, 0.2) is 0 Å². The Hall–Kier alpha value is -1.51. The quantitative estimate of drug-likeness (QED) is 0.860. The molecule has 2 unspecified atom stereocenters. The van der Waals surface area contributed by atoms with Crippen LogP contribution in [0, 0.1) is 18.8 Å². The lowest BCUT2D eigenvalue weighted by molar-refractivity contribution is 0.0696. The van der Waals surface area contributed by atoms with Crippen molar-refractivity contribution in [1.82, 2.24) is 0 Å². The van der Waals surface area contributed by atoms with E-state index in [2.05, 4.69) is 19.2 Å². The van der Waals surface area contributed by atoms with Crippen molar-refractivity contribution in [3.05, 3.63) is 29.3 Å². The number of benzene rings is 1. The van der Waals surface area contributed by atoms with E-state index in [4.69, 9.17) is 5.11 Å². The maximum atomic E-state index is 11.0. The van der Waals surface area contributed by atoms with Gasteiger partial charge in [-0.2, -0.15) is 0 Å². The summed E-state index contributed by atoms with van der Waals surface area (Å²) in [6.07, 6.45) is 5.12. The first-order valence-electron chi connectivity index (χ1n) is 7.59. The third kappa shape index (κ3) is 3.33. The van der Waals surface area contributed by atoms with Crippen LogP contribution in [0.15, 0.2) is 18.2 Å². The molecule has 3 nitrogen and oxygen atoms in total. The van der Waals surface area contributed by atoms with Gasteiger partial charge in [0, 0.05) is 11.7 Å². The molecule has 0 spiro atoms. The van der Waals surface area contributed by atoms with Gasteiger partial charge in [-0.25, -0.2) is 4.79 Å². The van der Waals surface area contributed by atoms with Gasteiger partial charge in [0.2, 0.25) is 0 Å². The first-order valence-corrected chi connectivity index (χ1v) is 7.59. The zero-order valence-electron chi connectivity index (χ0n) is 12.6. The highest BCUT2D eigenvalue weighted by atomic mass is 16.4. The van der Waals surface area contributed by atoms with Gasteiger partial charge in [0.05, 0.1) is 5.56 Å². The molecule has 110 valence electrons. The largest absolute Gasteiger partial charge is 0.478 e. The summed E-state index contributed by atoms with van der Waals surface area (Å²) < 4.78 is 0. The lowest BCUT2D eigenvalue weighted by Gasteiger charge is -2.35. The molecule has 0 radical (unpaired) electrons. The Morgan fingerprint density at radius 1 is 1.30 bits per heavy atom. The molecule has 1 aliphatic carbocycles. The smallest absolute Gasteiger partial charge is 0.335 e. The van der Waals surface area contributed by atoms with Gasteiger partial charge in [0.1, 0.15) is 0 Å². The molecule has 0 bridgehead atoms. The molecular weight excluding hydrogens is 250 g/mol. The summed E-state index contributed by atoms with van der Waals surface area (Å²) in [5.41, 5.74) is 2.25. The Morgan fingerprint density at radius 2 is 2.00 bits per heavy atom. The summed E-state index contributed by atoms with van der Waals surface area (Å²) in [6, 6.07) is 6.06. The zero-order valence-corrected chi connectivity index (χ0v) is 12.6. The Morgan fingerprint density at radius 3 is 2.60 bits per heavy atom. The first kappa shape index (κ1) is 14.9. The topological polar surface area (TPSA) is 49.3 Å². The maximum absolute atomic E-state index is 11.0. The van der Waals surface area contributed by atoms with E-state index < -0.39 is 5.97 Å². The van der Waals surface area contributed by atoms with E-state index in [-0.39, 0.29) is 0 Å². The number of anilines is 1. The number of aromatic carboxylic acids is 1. The normalized spacial score (nSPS) is 22.8. The number of hydrogen-bond acceptors (Lipinski definition) is 2. The van der Waals surface area contributed by atoms with Crippen LogP contribution in [-0.2, 0) is 0 Å². The summed E-state index contributed by atoms with van der Waals surface area (Å²) in [4.78, 5) is 11.0. The zero-order chi connectivity index (χ0) is 14.7. The fraction of sp³-hybridized carbons (Fsp3) is 0.588. The second kappa shape index (κ2) is 6.29. The molecule has 0 amide bonds. The highest BCUT2D eigenvalue weighted by Crippen LogP contribution is 2.32. The Labute approximate surface area is 121 Å². The average molecular weight is 275 g/mol. The van der Waals surface area contributed by atoms with E-state index in [9.17, 15) is 4.79 Å². The highest BCUT2D eigenvalue weighted by Gasteiger charge is 2.27. The van der Waals surface area contributed by atoms with Crippen LogP contribution in [0.2, 0.25) is 0 Å². The highest BCUT2D eigenvalue weighted by molar-refractivity contribution is 5.89. The van der Waals surface area contributed by atoms with Crippen LogP contribution in [0.1, 0.15) is 55.5 Å². The molecule has 1 aromatic rings. The van der Waals surface area contributed by atoms with Crippen LogP contribution in [0.4, 0.5) is 5.69 Å². The lowest BCUT2D eigenvalue weighted by Crippen LogP contribution is -2.35. The van der Waals surface area contributed by atoms with Gasteiger partial charge in [-0.15, -0.1) is 0 Å². The van der Waals surface area contributed by atoms with Crippen molar-refractivity contribution in [3.8, 4) is 0 Å². The number of nitrogens with one attached hydrogen (secondary N) is 1. The number of carbonyl (C=O) groups is 1. The minimum atomic E-state index is -0.855. The van der Waals surface area contributed by atoms with Crippen LogP contribution in [0.25, 0.3) is 0 Å². The number of aryl methyl sites for hydroxylation is 1. The van der Waals surface area contributed by atoms with E-state index in [0.29, 0.717) is 23.4 Å². The summed E-state index contributed by atoms with van der Waals surface area (Å²) in [7, 11) is 0. The molecule has 1 saturated carbocycles. The molecule has 0 heterocycles. The Balaban J connectivity index is 2.12. The average Bonchev–Trinajstić information content (AvgIpc) is 2.38. The Bertz CT molecular complexity index is 482. The number of rotatable bonds is 4. The van der Waals surface area contributed by atoms with Crippen molar-refractivity contribution in [1.29, 1.82) is 0 Å². The van der Waals surface area contributed by atoms with E-state index >= 15 is 0 Å². The molecular formula is C17H25NO2. The van der Waals surface area contributed by atoms with Gasteiger partial charge in [-0.05, 0) is 55.4 Å². The predicted molar refractivity (Wildman–Crippen MR) is 82.3 cm³/mol. The van der Waals surface area contributed by atoms with E-state index in [0.717, 1.165) is 11.3 Å². The van der Waals surface area contributed by atoms with Crippen molar-refractivity contribution in [2.24, 2.45) is 11.8 Å². The second-order valence-corrected chi connectivity index (χ2v) is 6.28. The SMILES string of the molecule is Cc1cc(NC2CCCCC2C(C)C)ccc1C(=O)O. The van der Waals surface area contributed by atoms with Gasteiger partial charge < -0.3 is 10.4 Å². The molecule has 1 aromatic carbocycles. The van der Waals surface area contributed by atoms with Crippen LogP contribution in [0.3, 0.4) is 0 Å². The van der Waals surface area contributed by atoms with Crippen molar-refractivity contribution < 1.29 is 9.90 Å². The summed E-state index contributed by atoms with van der Waals surface area (Å²) in [6.45, 7) is 6.45. The fourth-order valence-electron chi connectivity index (χ4n) is 3.34. The van der Waals surface area contributed by atoms with E-state index in [1.54, 1.807) is 6.07 Å². The van der Waals surface area contributed by atoms with E-state index in [1.165, 1.54) is 25.7 Å². The van der Waals surface area contributed by atoms with Crippen molar-refractivity contribution in [3.63, 3.8) is 0 Å². The minimum absolute atomic E-state index is 0.389. The van der Waals surface area contributed by atoms with Crippen molar-refractivity contribution in [2.75, 3.05) is 5.32 Å². The van der Waals surface area contributed by atoms with Crippen molar-refractivity contribution in [2.45, 2.75) is 52.5 Å². The predicted octanol–water partition coefficient (Wildman–Crippen LogP) is 4.32. The molecule has 2 N–H and O–H groups in total. The summed E-state index contributed by atoms with van der Waals surface area (Å²) in [5.74, 6) is 0.544. The molecule has 3 heteroatoms. The second-order valence-electron chi connectivity index (χ2n) is 6.28. The van der Waals surface area contributed by atoms with Crippen LogP contribution in [-0.4, -0.2) is 17.1 Å². The molecule has 2 rings (SSSR count). The molecule has 0 aromatic heterocycles. The molecule has 2 atom stereocenters. The summed E-state index contributed by atoms with van der Waals surface area (Å²) >= 11 is 0. The third-order valence-electron chi connectivity index (χ3n) is 4.48. The Kier molecular flexibility index (Phi) is 4.69. The van der Waals surface area contributed by atoms with Crippen molar-refractivity contribution >= 4 is 11.7 Å². The fourth-order valence-corrected chi connectivity index (χ4v) is 3.34. The number of carboxylic acid groups (broad SMARTS) is 1. The molecule has 0 saturated heterocycles. The monoisotopic (exact) mass is 275 g/mol. The standard InChI is InChI=1S/C17H25NO2/c1-11(2)14-6-4-5-7-16(14)18-13-8-9-15(17(19)20)12(3)10-13/h8-11,14,16,18H,4-7H2,1-3H3,(H,19,20). The van der Waals surface area contributed by atoms with Gasteiger partial charge in [0.25, 0.3) is 0 Å². The third-order valence-corrected chi connectivity index (χ3v) is 4.48. The van der Waals surface area contributed by atoms with E-state index in [1.807, 2.05) is 19.1 Å². The summed E-state index contributed by atoms with van der Waals surface area (Å²) in [5, 5.41) is 12.7. The van der Waals surface area contributed by atoms with Gasteiger partial charge in [-0.1, -0.05) is 26.7 Å². The number of carboxylic acids is 1. The van der Waals surface area contributed by atoms with Crippen LogP contribution in [0.5, 0.6) is 0 Å². The first-order chi connectivity index (χ1) is 9.49. The molecule has 20 heavy (non-hydrogen) atoms.